The Morgan fingerprint density at radius 1 is 0.490 bits per heavy atom. The van der Waals surface area contributed by atoms with E-state index in [0.29, 0.717) is 12.5 Å². The van der Waals surface area contributed by atoms with Gasteiger partial charge >= 0.3 is 0 Å². The molecule has 5 aromatic rings. The SMILES string of the molecule is CCCCC(CC)COc1cc(/C=C/c2ccc(/C=C/c3ccccc3)cc2)c(OC)cc1/C=C/c1ccc(/C=C/c2ccccc2)cc1. The molecule has 0 aromatic heterocycles. The summed E-state index contributed by atoms with van der Waals surface area (Å²) in [5.74, 6) is 2.21. The summed E-state index contributed by atoms with van der Waals surface area (Å²) in [5, 5.41) is 0. The van der Waals surface area contributed by atoms with Crippen LogP contribution in [0, 0.1) is 5.92 Å². The van der Waals surface area contributed by atoms with Crippen molar-refractivity contribution in [3.8, 4) is 11.5 Å². The summed E-state index contributed by atoms with van der Waals surface area (Å²) < 4.78 is 12.5. The van der Waals surface area contributed by atoms with Crippen molar-refractivity contribution in [2.45, 2.75) is 39.5 Å². The van der Waals surface area contributed by atoms with E-state index in [9.17, 15) is 0 Å². The molecular weight excluding hydrogens is 597 g/mol. The lowest BCUT2D eigenvalue weighted by Gasteiger charge is -2.18. The zero-order valence-electron chi connectivity index (χ0n) is 29.1. The number of benzene rings is 5. The smallest absolute Gasteiger partial charge is 0.127 e. The van der Waals surface area contributed by atoms with Crippen molar-refractivity contribution in [2.75, 3.05) is 13.7 Å². The van der Waals surface area contributed by atoms with E-state index in [0.717, 1.165) is 45.7 Å². The zero-order valence-corrected chi connectivity index (χ0v) is 29.1. The fourth-order valence-electron chi connectivity index (χ4n) is 5.58. The zero-order chi connectivity index (χ0) is 34.1. The summed E-state index contributed by atoms with van der Waals surface area (Å²) in [6.07, 6.45) is 21.8. The lowest BCUT2D eigenvalue weighted by Crippen LogP contribution is -2.12. The predicted molar refractivity (Wildman–Crippen MR) is 213 cm³/mol. The van der Waals surface area contributed by atoms with Gasteiger partial charge in [0.2, 0.25) is 0 Å². The van der Waals surface area contributed by atoms with Crippen molar-refractivity contribution < 1.29 is 9.47 Å². The highest BCUT2D eigenvalue weighted by molar-refractivity contribution is 5.80. The van der Waals surface area contributed by atoms with Crippen molar-refractivity contribution in [1.29, 1.82) is 0 Å². The van der Waals surface area contributed by atoms with E-state index in [1.165, 1.54) is 36.0 Å². The average Bonchev–Trinajstić information content (AvgIpc) is 3.16. The molecule has 248 valence electrons. The predicted octanol–water partition coefficient (Wildman–Crippen LogP) is 13.0. The van der Waals surface area contributed by atoms with Crippen LogP contribution in [0.5, 0.6) is 11.5 Å². The molecule has 0 spiro atoms. The summed E-state index contributed by atoms with van der Waals surface area (Å²) in [6, 6.07) is 42.1. The lowest BCUT2D eigenvalue weighted by molar-refractivity contribution is 0.232. The fourth-order valence-corrected chi connectivity index (χ4v) is 5.58. The second-order valence-electron chi connectivity index (χ2n) is 12.3. The van der Waals surface area contributed by atoms with Crippen LogP contribution in [0.4, 0.5) is 0 Å². The quantitative estimate of drug-likeness (QED) is 0.0995. The minimum atomic E-state index is 0.531. The summed E-state index contributed by atoms with van der Waals surface area (Å²) in [4.78, 5) is 0. The van der Waals surface area contributed by atoms with Crippen LogP contribution in [0.25, 0.3) is 48.6 Å². The molecule has 0 aliphatic rings. The largest absolute Gasteiger partial charge is 0.496 e. The molecule has 2 heteroatoms. The Balaban J connectivity index is 1.35. The maximum atomic E-state index is 6.58. The van der Waals surface area contributed by atoms with Crippen molar-refractivity contribution in [3.05, 3.63) is 166 Å². The second-order valence-corrected chi connectivity index (χ2v) is 12.3. The van der Waals surface area contributed by atoms with Crippen LogP contribution in [0.15, 0.2) is 121 Å². The molecule has 1 unspecified atom stereocenters. The Hall–Kier alpha value is -5.34. The third-order valence-electron chi connectivity index (χ3n) is 8.70. The minimum Gasteiger partial charge on any atom is -0.496 e. The van der Waals surface area contributed by atoms with Crippen LogP contribution >= 0.6 is 0 Å². The van der Waals surface area contributed by atoms with Crippen molar-refractivity contribution in [3.63, 3.8) is 0 Å². The second kappa shape index (κ2) is 18.9. The molecule has 0 bridgehead atoms. The van der Waals surface area contributed by atoms with Gasteiger partial charge in [-0.15, -0.1) is 0 Å². The molecule has 49 heavy (non-hydrogen) atoms. The van der Waals surface area contributed by atoms with Crippen LogP contribution in [0.3, 0.4) is 0 Å². The van der Waals surface area contributed by atoms with Crippen LogP contribution in [-0.2, 0) is 0 Å². The maximum absolute atomic E-state index is 6.58. The van der Waals surface area contributed by atoms with E-state index >= 15 is 0 Å². The monoisotopic (exact) mass is 644 g/mol. The molecule has 2 nitrogen and oxygen atoms in total. The van der Waals surface area contributed by atoms with Gasteiger partial charge < -0.3 is 9.47 Å². The van der Waals surface area contributed by atoms with Gasteiger partial charge in [-0.1, -0.05) is 191 Å². The van der Waals surface area contributed by atoms with Gasteiger partial charge in [-0.3, -0.25) is 0 Å². The topological polar surface area (TPSA) is 18.5 Å². The van der Waals surface area contributed by atoms with E-state index in [1.807, 2.05) is 12.1 Å². The Kier molecular flexibility index (Phi) is 13.5. The number of hydrogen-bond acceptors (Lipinski definition) is 2. The van der Waals surface area contributed by atoms with Crippen molar-refractivity contribution >= 4 is 48.6 Å². The molecule has 0 saturated heterocycles. The highest BCUT2D eigenvalue weighted by Gasteiger charge is 2.12. The Labute approximate surface area is 293 Å². The summed E-state index contributed by atoms with van der Waals surface area (Å²) in [5.41, 5.74) is 8.95. The number of methoxy groups -OCH3 is 1. The highest BCUT2D eigenvalue weighted by Crippen LogP contribution is 2.33. The van der Waals surface area contributed by atoms with E-state index < -0.39 is 0 Å². The molecule has 0 amide bonds. The Morgan fingerprint density at radius 3 is 1.29 bits per heavy atom. The molecule has 1 atom stereocenters. The number of ether oxygens (including phenoxy) is 2. The first-order valence-corrected chi connectivity index (χ1v) is 17.5. The minimum absolute atomic E-state index is 0.531. The molecular formula is C47H48O2. The maximum Gasteiger partial charge on any atom is 0.127 e. The van der Waals surface area contributed by atoms with Crippen molar-refractivity contribution in [1.82, 2.24) is 0 Å². The summed E-state index contributed by atoms with van der Waals surface area (Å²) >= 11 is 0. The third-order valence-corrected chi connectivity index (χ3v) is 8.70. The Morgan fingerprint density at radius 2 is 0.878 bits per heavy atom. The molecule has 5 rings (SSSR count). The third kappa shape index (κ3) is 11.1. The van der Waals surface area contributed by atoms with Gasteiger partial charge in [0.25, 0.3) is 0 Å². The molecule has 0 saturated carbocycles. The van der Waals surface area contributed by atoms with Crippen LogP contribution in [0.1, 0.15) is 84.0 Å². The van der Waals surface area contributed by atoms with Gasteiger partial charge in [0.15, 0.2) is 0 Å². The molecule has 0 aliphatic carbocycles. The lowest BCUT2D eigenvalue weighted by atomic mass is 10.0. The molecule has 0 N–H and O–H groups in total. The van der Waals surface area contributed by atoms with Gasteiger partial charge in [0.05, 0.1) is 13.7 Å². The van der Waals surface area contributed by atoms with Gasteiger partial charge in [-0.05, 0) is 57.9 Å². The van der Waals surface area contributed by atoms with E-state index in [4.69, 9.17) is 9.47 Å². The summed E-state index contributed by atoms with van der Waals surface area (Å²) in [7, 11) is 1.73. The van der Waals surface area contributed by atoms with Crippen LogP contribution < -0.4 is 9.47 Å². The number of unbranched alkanes of at least 4 members (excludes halogenated alkanes) is 1. The molecule has 0 radical (unpaired) electrons. The first-order chi connectivity index (χ1) is 24.1. The average molecular weight is 645 g/mol. The molecule has 0 aliphatic heterocycles. The van der Waals surface area contributed by atoms with E-state index in [-0.39, 0.29) is 0 Å². The normalized spacial score (nSPS) is 12.4. The first-order valence-electron chi connectivity index (χ1n) is 17.5. The van der Waals surface area contributed by atoms with Crippen LogP contribution in [-0.4, -0.2) is 13.7 Å². The first kappa shape index (κ1) is 35.0. The van der Waals surface area contributed by atoms with Gasteiger partial charge in [-0.25, -0.2) is 0 Å². The standard InChI is InChI=1S/C47H48O2/c1-4-6-13-37(5-2)36-49-47-35-44(32-30-42-26-22-40(23-27-42)20-18-38-14-9-7-10-15-38)46(48-3)34-45(47)33-31-43-28-24-41(25-29-43)21-19-39-16-11-8-12-17-39/h7-12,14-35,37H,4-6,13,36H2,1-3H3/b20-18+,21-19+,32-30+,33-31+. The highest BCUT2D eigenvalue weighted by atomic mass is 16.5. The number of rotatable bonds is 16. The van der Waals surface area contributed by atoms with E-state index in [1.54, 1.807) is 7.11 Å². The molecule has 5 aromatic carbocycles. The van der Waals surface area contributed by atoms with Crippen LogP contribution in [0.2, 0.25) is 0 Å². The van der Waals surface area contributed by atoms with Crippen molar-refractivity contribution in [2.24, 2.45) is 5.92 Å². The Bertz CT molecular complexity index is 1830. The molecule has 0 fully saturated rings. The van der Waals surface area contributed by atoms with Gasteiger partial charge in [-0.2, -0.15) is 0 Å². The number of hydrogen-bond donors (Lipinski definition) is 0. The van der Waals surface area contributed by atoms with Gasteiger partial charge in [0, 0.05) is 11.1 Å². The molecule has 0 heterocycles. The van der Waals surface area contributed by atoms with Gasteiger partial charge in [0.1, 0.15) is 11.5 Å². The summed E-state index contributed by atoms with van der Waals surface area (Å²) in [6.45, 7) is 5.21. The van der Waals surface area contributed by atoms with E-state index in [2.05, 4.69) is 172 Å². The fraction of sp³-hybridized carbons (Fsp3) is 0.191.